The minimum Gasteiger partial charge on any atom is -0.271 e. The lowest BCUT2D eigenvalue weighted by molar-refractivity contribution is 0.600. The summed E-state index contributed by atoms with van der Waals surface area (Å²) < 4.78 is 0. The summed E-state index contributed by atoms with van der Waals surface area (Å²) in [5.41, 5.74) is 5.47. The number of nitrogens with two attached hydrogens (primary N) is 1. The van der Waals surface area contributed by atoms with E-state index < -0.39 is 0 Å². The highest BCUT2D eigenvalue weighted by molar-refractivity contribution is 5.24. The minimum atomic E-state index is 0.230. The zero-order chi connectivity index (χ0) is 13.2. The second kappa shape index (κ2) is 9.12. The smallest absolute Gasteiger partial charge is 0.0431 e. The molecule has 0 saturated carbocycles. The second-order valence-electron chi connectivity index (χ2n) is 5.15. The van der Waals surface area contributed by atoms with Crippen LogP contribution in [0.15, 0.2) is 24.3 Å². The van der Waals surface area contributed by atoms with Crippen LogP contribution in [0.5, 0.6) is 0 Å². The van der Waals surface area contributed by atoms with Crippen LogP contribution in [0.2, 0.25) is 0 Å². The van der Waals surface area contributed by atoms with Crippen LogP contribution in [0.25, 0.3) is 0 Å². The lowest BCUT2D eigenvalue weighted by atomic mass is 10.0. The fourth-order valence-corrected chi connectivity index (χ4v) is 2.18. The Bertz CT molecular complexity index is 305. The van der Waals surface area contributed by atoms with Gasteiger partial charge in [0, 0.05) is 6.04 Å². The Kier molecular flexibility index (Phi) is 7.70. The fraction of sp³-hybridized carbons (Fsp3) is 0.625. The van der Waals surface area contributed by atoms with Gasteiger partial charge in [-0.05, 0) is 30.9 Å². The third-order valence-electron chi connectivity index (χ3n) is 3.55. The molecular weight excluding hydrogens is 220 g/mol. The van der Waals surface area contributed by atoms with Crippen LogP contribution in [-0.2, 0) is 6.42 Å². The van der Waals surface area contributed by atoms with Crippen LogP contribution in [0.4, 0.5) is 0 Å². The Morgan fingerprint density at radius 3 is 2.22 bits per heavy atom. The van der Waals surface area contributed by atoms with Gasteiger partial charge in [-0.15, -0.1) is 0 Å². The van der Waals surface area contributed by atoms with Gasteiger partial charge in [0.15, 0.2) is 0 Å². The van der Waals surface area contributed by atoms with Crippen LogP contribution < -0.4 is 11.3 Å². The summed E-state index contributed by atoms with van der Waals surface area (Å²) in [5.74, 6) is 5.43. The average molecular weight is 248 g/mol. The first-order chi connectivity index (χ1) is 8.77. The molecule has 0 amide bonds. The molecule has 102 valence electrons. The van der Waals surface area contributed by atoms with Crippen LogP contribution >= 0.6 is 0 Å². The fourth-order valence-electron chi connectivity index (χ4n) is 2.18. The van der Waals surface area contributed by atoms with E-state index in [4.69, 9.17) is 5.84 Å². The molecule has 0 spiro atoms. The van der Waals surface area contributed by atoms with Crippen molar-refractivity contribution in [2.24, 2.45) is 5.84 Å². The molecule has 0 saturated heterocycles. The Balaban J connectivity index is 2.22. The molecule has 1 rings (SSSR count). The normalized spacial score (nSPS) is 12.6. The lowest BCUT2D eigenvalue weighted by Crippen LogP contribution is -2.25. The molecule has 0 aromatic heterocycles. The zero-order valence-corrected chi connectivity index (χ0v) is 11.9. The Morgan fingerprint density at radius 1 is 1.00 bits per heavy atom. The Labute approximate surface area is 112 Å². The molecule has 1 aromatic rings. The first-order valence-corrected chi connectivity index (χ1v) is 7.33. The van der Waals surface area contributed by atoms with Crippen molar-refractivity contribution in [3.05, 3.63) is 35.4 Å². The first-order valence-electron chi connectivity index (χ1n) is 7.33. The van der Waals surface area contributed by atoms with E-state index in [-0.39, 0.29) is 6.04 Å². The summed E-state index contributed by atoms with van der Waals surface area (Å²) in [7, 11) is 0. The highest BCUT2D eigenvalue weighted by atomic mass is 15.2. The van der Waals surface area contributed by atoms with Crippen molar-refractivity contribution in [3.8, 4) is 0 Å². The molecule has 2 heteroatoms. The highest BCUT2D eigenvalue weighted by Crippen LogP contribution is 2.14. The van der Waals surface area contributed by atoms with Crippen molar-refractivity contribution in [1.82, 2.24) is 5.43 Å². The SMILES string of the molecule is CCCCCCCCc1ccc([C@H](C)NN)cc1. The predicted molar refractivity (Wildman–Crippen MR) is 79.3 cm³/mol. The average Bonchev–Trinajstić information content (AvgIpc) is 2.42. The van der Waals surface area contributed by atoms with Crippen molar-refractivity contribution in [2.45, 2.75) is 64.8 Å². The highest BCUT2D eigenvalue weighted by Gasteiger charge is 2.02. The number of benzene rings is 1. The van der Waals surface area contributed by atoms with E-state index in [1.165, 1.54) is 56.1 Å². The van der Waals surface area contributed by atoms with Crippen molar-refractivity contribution < 1.29 is 0 Å². The summed E-state index contributed by atoms with van der Waals surface area (Å²) >= 11 is 0. The summed E-state index contributed by atoms with van der Waals surface area (Å²) in [6, 6.07) is 9.05. The number of hydrazine groups is 1. The monoisotopic (exact) mass is 248 g/mol. The van der Waals surface area contributed by atoms with Gasteiger partial charge in [-0.1, -0.05) is 63.3 Å². The molecule has 1 atom stereocenters. The number of unbranched alkanes of at least 4 members (excludes halogenated alkanes) is 5. The quantitative estimate of drug-likeness (QED) is 0.392. The Morgan fingerprint density at radius 2 is 1.61 bits per heavy atom. The number of hydrogen-bond donors (Lipinski definition) is 2. The number of nitrogens with one attached hydrogen (secondary N) is 1. The van der Waals surface area contributed by atoms with Crippen LogP contribution in [0, 0.1) is 0 Å². The van der Waals surface area contributed by atoms with Gasteiger partial charge in [0.05, 0.1) is 0 Å². The zero-order valence-electron chi connectivity index (χ0n) is 11.9. The van der Waals surface area contributed by atoms with E-state index in [0.29, 0.717) is 0 Å². The molecule has 0 bridgehead atoms. The molecule has 0 aliphatic rings. The van der Waals surface area contributed by atoms with Gasteiger partial charge >= 0.3 is 0 Å². The molecule has 0 aliphatic carbocycles. The van der Waals surface area contributed by atoms with Gasteiger partial charge < -0.3 is 0 Å². The van der Waals surface area contributed by atoms with Gasteiger partial charge in [-0.25, -0.2) is 0 Å². The Hall–Kier alpha value is -0.860. The van der Waals surface area contributed by atoms with Crippen molar-refractivity contribution in [2.75, 3.05) is 0 Å². The molecule has 0 radical (unpaired) electrons. The third kappa shape index (κ3) is 5.65. The molecule has 0 unspecified atom stereocenters. The molecule has 1 aromatic carbocycles. The first kappa shape index (κ1) is 15.2. The topological polar surface area (TPSA) is 38.0 Å². The molecular formula is C16H28N2. The van der Waals surface area contributed by atoms with Gasteiger partial charge in [-0.2, -0.15) is 0 Å². The van der Waals surface area contributed by atoms with Crippen LogP contribution in [0.1, 0.15) is 69.5 Å². The molecule has 0 aliphatic heterocycles. The summed E-state index contributed by atoms with van der Waals surface area (Å²) in [5, 5.41) is 0. The van der Waals surface area contributed by atoms with Crippen molar-refractivity contribution in [1.29, 1.82) is 0 Å². The maximum absolute atomic E-state index is 5.43. The number of hydrogen-bond acceptors (Lipinski definition) is 2. The van der Waals surface area contributed by atoms with E-state index in [2.05, 4.69) is 43.5 Å². The molecule has 0 fully saturated rings. The molecule has 3 N–H and O–H groups in total. The van der Waals surface area contributed by atoms with Gasteiger partial charge in [-0.3, -0.25) is 11.3 Å². The van der Waals surface area contributed by atoms with Gasteiger partial charge in [0.1, 0.15) is 0 Å². The largest absolute Gasteiger partial charge is 0.271 e. The molecule has 2 nitrogen and oxygen atoms in total. The summed E-state index contributed by atoms with van der Waals surface area (Å²) in [6.07, 6.45) is 9.38. The van der Waals surface area contributed by atoms with E-state index in [0.717, 1.165) is 0 Å². The van der Waals surface area contributed by atoms with Gasteiger partial charge in [0.25, 0.3) is 0 Å². The predicted octanol–water partition coefficient (Wildman–Crippen LogP) is 4.11. The third-order valence-corrected chi connectivity index (χ3v) is 3.55. The van der Waals surface area contributed by atoms with Crippen molar-refractivity contribution in [3.63, 3.8) is 0 Å². The summed E-state index contributed by atoms with van der Waals surface area (Å²) in [4.78, 5) is 0. The van der Waals surface area contributed by atoms with Crippen LogP contribution in [0.3, 0.4) is 0 Å². The lowest BCUT2D eigenvalue weighted by Gasteiger charge is -2.10. The van der Waals surface area contributed by atoms with Gasteiger partial charge in [0.2, 0.25) is 0 Å². The second-order valence-corrected chi connectivity index (χ2v) is 5.15. The van der Waals surface area contributed by atoms with E-state index >= 15 is 0 Å². The minimum absolute atomic E-state index is 0.230. The van der Waals surface area contributed by atoms with E-state index in [1.807, 2.05) is 0 Å². The summed E-state index contributed by atoms with van der Waals surface area (Å²) in [6.45, 7) is 4.33. The number of aryl methyl sites for hydroxylation is 1. The molecule has 0 heterocycles. The molecule has 18 heavy (non-hydrogen) atoms. The van der Waals surface area contributed by atoms with Crippen molar-refractivity contribution >= 4 is 0 Å². The van der Waals surface area contributed by atoms with E-state index in [9.17, 15) is 0 Å². The maximum atomic E-state index is 5.43. The number of rotatable bonds is 9. The maximum Gasteiger partial charge on any atom is 0.0431 e. The van der Waals surface area contributed by atoms with Crippen LogP contribution in [-0.4, -0.2) is 0 Å². The standard InChI is InChI=1S/C16H28N2/c1-3-4-5-6-7-8-9-15-10-12-16(13-11-15)14(2)18-17/h10-14,18H,3-9,17H2,1-2H3/t14-/m0/s1. The van der Waals surface area contributed by atoms with E-state index in [1.54, 1.807) is 0 Å².